The highest BCUT2D eigenvalue weighted by atomic mass is 32.1. The number of fused-ring (bicyclic) bond motifs is 1. The van der Waals surface area contributed by atoms with Gasteiger partial charge in [-0.15, -0.1) is 11.3 Å². The van der Waals surface area contributed by atoms with Gasteiger partial charge in [-0.05, 0) is 76.5 Å². The minimum Gasteiger partial charge on any atom is -0.351 e. The number of thiophene rings is 1. The lowest BCUT2D eigenvalue weighted by molar-refractivity contribution is 0.0955. The fraction of sp³-hybridized carbons (Fsp3) is 0.455. The van der Waals surface area contributed by atoms with Crippen LogP contribution in [0.2, 0.25) is 0 Å². The molecule has 148 valence electrons. The van der Waals surface area contributed by atoms with Crippen LogP contribution in [-0.4, -0.2) is 46.5 Å². The number of aryl methyl sites for hydroxylation is 2. The van der Waals surface area contributed by atoms with E-state index in [1.54, 1.807) is 0 Å². The zero-order chi connectivity index (χ0) is 19.5. The van der Waals surface area contributed by atoms with Gasteiger partial charge in [-0.3, -0.25) is 4.79 Å². The summed E-state index contributed by atoms with van der Waals surface area (Å²) in [4.78, 5) is 21.9. The van der Waals surface area contributed by atoms with Crippen molar-refractivity contribution in [3.05, 3.63) is 46.7 Å². The van der Waals surface area contributed by atoms with E-state index in [9.17, 15) is 4.79 Å². The standard InChI is InChI=1S/C22H28N4OS/c1-16-15-17(2)24-22-18(16)19(26-13-6-7-14-26)20(28-22)21(27)23-9-8-12-25-10-4-3-5-11-25/h6-7,13-15H,3-5,8-12H2,1-2H3,(H,23,27). The first-order chi connectivity index (χ1) is 13.6. The average molecular weight is 397 g/mol. The minimum absolute atomic E-state index is 0.00222. The first-order valence-electron chi connectivity index (χ1n) is 10.2. The summed E-state index contributed by atoms with van der Waals surface area (Å²) in [6.07, 6.45) is 8.95. The molecule has 1 amide bonds. The van der Waals surface area contributed by atoms with E-state index >= 15 is 0 Å². The second-order valence-corrected chi connectivity index (χ2v) is 8.64. The molecule has 0 unspecified atom stereocenters. The molecule has 4 heterocycles. The minimum atomic E-state index is 0.00222. The normalized spacial score (nSPS) is 15.2. The van der Waals surface area contributed by atoms with Crippen LogP contribution in [0.5, 0.6) is 0 Å². The molecule has 3 aromatic rings. The summed E-state index contributed by atoms with van der Waals surface area (Å²) in [5, 5.41) is 4.21. The molecule has 5 nitrogen and oxygen atoms in total. The van der Waals surface area contributed by atoms with Crippen LogP contribution in [-0.2, 0) is 0 Å². The monoisotopic (exact) mass is 396 g/mol. The number of aromatic nitrogens is 2. The predicted molar refractivity (Wildman–Crippen MR) is 116 cm³/mol. The highest BCUT2D eigenvalue weighted by Gasteiger charge is 2.22. The molecule has 0 atom stereocenters. The molecule has 0 aliphatic carbocycles. The number of hydrogen-bond acceptors (Lipinski definition) is 4. The van der Waals surface area contributed by atoms with Gasteiger partial charge in [-0.1, -0.05) is 6.42 Å². The zero-order valence-electron chi connectivity index (χ0n) is 16.7. The van der Waals surface area contributed by atoms with Crippen LogP contribution >= 0.6 is 11.3 Å². The van der Waals surface area contributed by atoms with Gasteiger partial charge in [-0.2, -0.15) is 0 Å². The molecule has 1 aliphatic rings. The summed E-state index contributed by atoms with van der Waals surface area (Å²) in [5.41, 5.74) is 3.09. The molecule has 1 fully saturated rings. The first-order valence-corrected chi connectivity index (χ1v) is 11.0. The van der Waals surface area contributed by atoms with Gasteiger partial charge >= 0.3 is 0 Å². The van der Waals surface area contributed by atoms with E-state index in [-0.39, 0.29) is 5.91 Å². The third kappa shape index (κ3) is 3.98. The summed E-state index contributed by atoms with van der Waals surface area (Å²) in [6.45, 7) is 8.27. The molecule has 0 radical (unpaired) electrons. The van der Waals surface area contributed by atoms with E-state index in [1.165, 1.54) is 43.7 Å². The molecule has 0 spiro atoms. The first kappa shape index (κ1) is 19.2. The summed E-state index contributed by atoms with van der Waals surface area (Å²) in [6, 6.07) is 6.06. The van der Waals surface area contributed by atoms with E-state index in [1.807, 2.05) is 36.0 Å². The van der Waals surface area contributed by atoms with Crippen LogP contribution in [0.25, 0.3) is 15.9 Å². The third-order valence-electron chi connectivity index (χ3n) is 5.42. The maximum absolute atomic E-state index is 13.0. The molecule has 1 saturated heterocycles. The molecule has 1 N–H and O–H groups in total. The molecule has 0 bridgehead atoms. The van der Waals surface area contributed by atoms with E-state index in [0.29, 0.717) is 6.54 Å². The SMILES string of the molecule is Cc1cc(C)c2c(-n3cccc3)c(C(=O)NCCCN3CCCCC3)sc2n1. The molecule has 0 aromatic carbocycles. The maximum atomic E-state index is 13.0. The summed E-state index contributed by atoms with van der Waals surface area (Å²) < 4.78 is 2.03. The van der Waals surface area contributed by atoms with Crippen LogP contribution in [0.15, 0.2) is 30.6 Å². The number of amides is 1. The number of likely N-dealkylation sites (tertiary alicyclic amines) is 1. The Morgan fingerprint density at radius 2 is 1.93 bits per heavy atom. The van der Waals surface area contributed by atoms with Crippen LogP contribution < -0.4 is 5.32 Å². The van der Waals surface area contributed by atoms with E-state index in [0.717, 1.165) is 45.0 Å². The number of nitrogens with one attached hydrogen (secondary N) is 1. The molecule has 1 aliphatic heterocycles. The van der Waals surface area contributed by atoms with Gasteiger partial charge in [0, 0.05) is 30.0 Å². The number of carbonyl (C=O) groups is 1. The number of nitrogens with zero attached hydrogens (tertiary/aromatic N) is 3. The van der Waals surface area contributed by atoms with Gasteiger partial charge in [0.25, 0.3) is 5.91 Å². The Balaban J connectivity index is 1.53. The largest absolute Gasteiger partial charge is 0.351 e. The van der Waals surface area contributed by atoms with Crippen molar-refractivity contribution in [2.45, 2.75) is 39.5 Å². The average Bonchev–Trinajstić information content (AvgIpc) is 3.33. The fourth-order valence-electron chi connectivity index (χ4n) is 4.07. The van der Waals surface area contributed by atoms with Crippen LogP contribution in [0.4, 0.5) is 0 Å². The van der Waals surface area contributed by atoms with Crippen molar-refractivity contribution in [1.29, 1.82) is 0 Å². The molecule has 4 rings (SSSR count). The van der Waals surface area contributed by atoms with Crippen LogP contribution in [0, 0.1) is 13.8 Å². The molecule has 3 aromatic heterocycles. The Labute approximate surface area is 170 Å². The lowest BCUT2D eigenvalue weighted by atomic mass is 10.1. The Hall–Kier alpha value is -2.18. The Kier molecular flexibility index (Phi) is 5.78. The zero-order valence-corrected chi connectivity index (χ0v) is 17.5. The van der Waals surface area contributed by atoms with Gasteiger partial charge in [0.1, 0.15) is 9.71 Å². The number of piperidine rings is 1. The van der Waals surface area contributed by atoms with E-state index < -0.39 is 0 Å². The summed E-state index contributed by atoms with van der Waals surface area (Å²) in [7, 11) is 0. The van der Waals surface area contributed by atoms with Gasteiger partial charge in [0.2, 0.25) is 0 Å². The molecular formula is C22H28N4OS. The summed E-state index contributed by atoms with van der Waals surface area (Å²) >= 11 is 1.49. The maximum Gasteiger partial charge on any atom is 0.263 e. The predicted octanol–water partition coefficient (Wildman–Crippen LogP) is 4.31. The van der Waals surface area contributed by atoms with E-state index in [2.05, 4.69) is 28.2 Å². The molecular weight excluding hydrogens is 368 g/mol. The van der Waals surface area contributed by atoms with Crippen molar-refractivity contribution in [2.24, 2.45) is 0 Å². The highest BCUT2D eigenvalue weighted by Crippen LogP contribution is 2.35. The quantitative estimate of drug-likeness (QED) is 0.632. The summed E-state index contributed by atoms with van der Waals surface area (Å²) in [5.74, 6) is 0.00222. The highest BCUT2D eigenvalue weighted by molar-refractivity contribution is 7.21. The van der Waals surface area contributed by atoms with Gasteiger partial charge in [-0.25, -0.2) is 4.98 Å². The lowest BCUT2D eigenvalue weighted by Gasteiger charge is -2.26. The smallest absolute Gasteiger partial charge is 0.263 e. The second-order valence-electron chi connectivity index (χ2n) is 7.64. The van der Waals surface area contributed by atoms with Crippen molar-refractivity contribution in [3.63, 3.8) is 0 Å². The van der Waals surface area contributed by atoms with E-state index in [4.69, 9.17) is 0 Å². The Bertz CT molecular complexity index is 955. The van der Waals surface area contributed by atoms with Crippen molar-refractivity contribution in [3.8, 4) is 5.69 Å². The van der Waals surface area contributed by atoms with Crippen molar-refractivity contribution < 1.29 is 4.79 Å². The molecule has 28 heavy (non-hydrogen) atoms. The van der Waals surface area contributed by atoms with Crippen molar-refractivity contribution >= 4 is 27.5 Å². The topological polar surface area (TPSA) is 50.2 Å². The third-order valence-corrected chi connectivity index (χ3v) is 6.49. The van der Waals surface area contributed by atoms with Gasteiger partial charge in [0.05, 0.1) is 5.69 Å². The fourth-order valence-corrected chi connectivity index (χ4v) is 5.29. The van der Waals surface area contributed by atoms with Crippen molar-refractivity contribution in [2.75, 3.05) is 26.2 Å². The number of carbonyl (C=O) groups excluding carboxylic acids is 1. The second kappa shape index (κ2) is 8.45. The van der Waals surface area contributed by atoms with Crippen LogP contribution in [0.3, 0.4) is 0 Å². The number of hydrogen-bond donors (Lipinski definition) is 1. The number of rotatable bonds is 6. The Morgan fingerprint density at radius 3 is 2.68 bits per heavy atom. The molecule has 0 saturated carbocycles. The molecule has 6 heteroatoms. The van der Waals surface area contributed by atoms with Gasteiger partial charge < -0.3 is 14.8 Å². The Morgan fingerprint density at radius 1 is 1.18 bits per heavy atom. The van der Waals surface area contributed by atoms with Gasteiger partial charge in [0.15, 0.2) is 0 Å². The van der Waals surface area contributed by atoms with Crippen LogP contribution in [0.1, 0.15) is 46.6 Å². The lowest BCUT2D eigenvalue weighted by Crippen LogP contribution is -2.33. The van der Waals surface area contributed by atoms with Crippen molar-refractivity contribution in [1.82, 2.24) is 19.8 Å². The number of pyridine rings is 1.